The first-order valence-corrected chi connectivity index (χ1v) is 8.88. The minimum Gasteiger partial charge on any atom is -0.491 e. The summed E-state index contributed by atoms with van der Waals surface area (Å²) in [5.41, 5.74) is 0. The normalized spacial score (nSPS) is 14.3. The number of hydrogen-bond donors (Lipinski definition) is 2. The van der Waals surface area contributed by atoms with E-state index in [1.54, 1.807) is 32.9 Å². The molecule has 0 heterocycles. The van der Waals surface area contributed by atoms with Gasteiger partial charge in [-0.05, 0) is 38.8 Å². The summed E-state index contributed by atoms with van der Waals surface area (Å²) in [4.78, 5) is 24.4. The largest absolute Gasteiger partial charge is 0.491 e. The minimum atomic E-state index is -0.706. The number of amides is 2. The highest BCUT2D eigenvalue weighted by Crippen LogP contribution is 2.12. The Balaban J connectivity index is 2.59. The van der Waals surface area contributed by atoms with Gasteiger partial charge in [-0.2, -0.15) is 0 Å². The molecule has 7 heteroatoms. The Hall–Kier alpha value is -2.31. The van der Waals surface area contributed by atoms with Crippen molar-refractivity contribution in [1.82, 2.24) is 10.6 Å². The lowest BCUT2D eigenvalue weighted by Crippen LogP contribution is -2.53. The molecule has 2 N–H and O–H groups in total. The van der Waals surface area contributed by atoms with E-state index >= 15 is 0 Å². The first kappa shape index (κ1) is 21.7. The summed E-state index contributed by atoms with van der Waals surface area (Å²) in [6.07, 6.45) is -0.174. The fourth-order valence-electron chi connectivity index (χ4n) is 2.23. The van der Waals surface area contributed by atoms with Crippen molar-refractivity contribution in [2.45, 2.75) is 59.2 Å². The number of nitrogens with one attached hydrogen (secondary N) is 2. The molecule has 6 nitrogen and oxygen atoms in total. The molecule has 0 saturated carbocycles. The Bertz CT molecular complexity index is 595. The topological polar surface area (TPSA) is 76.7 Å². The Morgan fingerprint density at radius 2 is 1.85 bits per heavy atom. The van der Waals surface area contributed by atoms with E-state index in [0.717, 1.165) is 0 Å². The molecule has 26 heavy (non-hydrogen) atoms. The first-order valence-electron chi connectivity index (χ1n) is 8.88. The molecule has 0 aliphatic rings. The Kier molecular flexibility index (Phi) is 8.88. The summed E-state index contributed by atoms with van der Waals surface area (Å²) in [6, 6.07) is 4.78. The smallest absolute Gasteiger partial charge is 0.408 e. The van der Waals surface area contributed by atoms with Gasteiger partial charge in [-0.25, -0.2) is 9.18 Å². The van der Waals surface area contributed by atoms with Crippen LogP contribution in [0.5, 0.6) is 5.75 Å². The van der Waals surface area contributed by atoms with Crippen LogP contribution < -0.4 is 15.4 Å². The average molecular weight is 368 g/mol. The van der Waals surface area contributed by atoms with Crippen molar-refractivity contribution in [3.05, 3.63) is 30.1 Å². The third-order valence-electron chi connectivity index (χ3n) is 3.80. The number of benzene rings is 1. The highest BCUT2D eigenvalue weighted by atomic mass is 19.1. The fourth-order valence-corrected chi connectivity index (χ4v) is 2.23. The molecule has 1 aromatic carbocycles. The van der Waals surface area contributed by atoms with Crippen LogP contribution in [0.15, 0.2) is 24.3 Å². The highest BCUT2D eigenvalue weighted by Gasteiger charge is 2.27. The molecule has 1 rings (SSSR count). The summed E-state index contributed by atoms with van der Waals surface area (Å²) < 4.78 is 23.7. The van der Waals surface area contributed by atoms with Crippen molar-refractivity contribution in [1.29, 1.82) is 0 Å². The lowest BCUT2D eigenvalue weighted by Gasteiger charge is -2.25. The molecule has 0 aromatic heterocycles. The number of carbonyl (C=O) groups is 2. The van der Waals surface area contributed by atoms with Crippen LogP contribution in [0, 0.1) is 11.7 Å². The zero-order valence-corrected chi connectivity index (χ0v) is 16.0. The molecule has 1 aromatic rings. The van der Waals surface area contributed by atoms with E-state index in [2.05, 4.69) is 10.6 Å². The van der Waals surface area contributed by atoms with Crippen LogP contribution in [-0.2, 0) is 9.53 Å². The molecular formula is C19H29FN2O4. The zero-order valence-electron chi connectivity index (χ0n) is 16.0. The second-order valence-electron chi connectivity index (χ2n) is 6.64. The van der Waals surface area contributed by atoms with E-state index < -0.39 is 12.1 Å². The van der Waals surface area contributed by atoms with Gasteiger partial charge in [0.15, 0.2) is 0 Å². The van der Waals surface area contributed by atoms with Gasteiger partial charge in [-0.15, -0.1) is 0 Å². The van der Waals surface area contributed by atoms with E-state index in [4.69, 9.17) is 9.47 Å². The molecule has 0 radical (unpaired) electrons. The number of carbonyl (C=O) groups excluding carboxylic acids is 2. The third kappa shape index (κ3) is 7.72. The van der Waals surface area contributed by atoms with Gasteiger partial charge in [0.25, 0.3) is 0 Å². The maximum absolute atomic E-state index is 13.1. The number of rotatable bonds is 9. The molecule has 0 aliphatic heterocycles. The fraction of sp³-hybridized carbons (Fsp3) is 0.579. The van der Waals surface area contributed by atoms with Gasteiger partial charge < -0.3 is 20.1 Å². The van der Waals surface area contributed by atoms with Crippen LogP contribution in [0.3, 0.4) is 0 Å². The van der Waals surface area contributed by atoms with Crippen molar-refractivity contribution < 1.29 is 23.5 Å². The predicted molar refractivity (Wildman–Crippen MR) is 97.5 cm³/mol. The van der Waals surface area contributed by atoms with E-state index in [0.29, 0.717) is 12.2 Å². The van der Waals surface area contributed by atoms with Crippen LogP contribution >= 0.6 is 0 Å². The quantitative estimate of drug-likeness (QED) is 0.701. The molecule has 0 bridgehead atoms. The molecule has 3 atom stereocenters. The number of alkyl carbamates (subject to hydrolysis) is 1. The number of halogens is 1. The average Bonchev–Trinajstić information content (AvgIpc) is 2.56. The predicted octanol–water partition coefficient (Wildman–Crippen LogP) is 3.26. The molecular weight excluding hydrogens is 339 g/mol. The molecule has 146 valence electrons. The summed E-state index contributed by atoms with van der Waals surface area (Å²) in [7, 11) is 0. The maximum atomic E-state index is 13.1. The van der Waals surface area contributed by atoms with Crippen LogP contribution in [0.25, 0.3) is 0 Å². The van der Waals surface area contributed by atoms with Crippen LogP contribution in [-0.4, -0.2) is 36.8 Å². The zero-order chi connectivity index (χ0) is 19.7. The van der Waals surface area contributed by atoms with Crippen LogP contribution in [0.2, 0.25) is 0 Å². The monoisotopic (exact) mass is 368 g/mol. The third-order valence-corrected chi connectivity index (χ3v) is 3.80. The van der Waals surface area contributed by atoms with Gasteiger partial charge in [0.1, 0.15) is 24.2 Å². The second-order valence-corrected chi connectivity index (χ2v) is 6.64. The van der Waals surface area contributed by atoms with Crippen molar-refractivity contribution in [3.8, 4) is 5.75 Å². The molecule has 3 unspecified atom stereocenters. The molecule has 0 fully saturated rings. The van der Waals surface area contributed by atoms with Gasteiger partial charge in [0.2, 0.25) is 5.91 Å². The highest BCUT2D eigenvalue weighted by molar-refractivity contribution is 5.86. The van der Waals surface area contributed by atoms with E-state index in [9.17, 15) is 14.0 Å². The number of ether oxygens (including phenoxy) is 2. The van der Waals surface area contributed by atoms with Gasteiger partial charge in [0, 0.05) is 6.07 Å². The van der Waals surface area contributed by atoms with Crippen molar-refractivity contribution in [2.24, 2.45) is 5.92 Å². The van der Waals surface area contributed by atoms with Crippen molar-refractivity contribution >= 4 is 12.0 Å². The lowest BCUT2D eigenvalue weighted by molar-refractivity contribution is -0.125. The van der Waals surface area contributed by atoms with Crippen LogP contribution in [0.1, 0.15) is 41.0 Å². The van der Waals surface area contributed by atoms with Gasteiger partial charge in [0.05, 0.1) is 12.1 Å². The van der Waals surface area contributed by atoms with E-state index in [-0.39, 0.29) is 36.4 Å². The second kappa shape index (κ2) is 10.6. The molecule has 0 saturated heterocycles. The van der Waals surface area contributed by atoms with Crippen LogP contribution in [0.4, 0.5) is 9.18 Å². The maximum Gasteiger partial charge on any atom is 0.408 e. The van der Waals surface area contributed by atoms with E-state index in [1.807, 2.05) is 13.8 Å². The Morgan fingerprint density at radius 3 is 2.42 bits per heavy atom. The van der Waals surface area contributed by atoms with Crippen molar-refractivity contribution in [2.75, 3.05) is 6.61 Å². The summed E-state index contributed by atoms with van der Waals surface area (Å²) in [5.74, 6) is -0.367. The van der Waals surface area contributed by atoms with Crippen molar-refractivity contribution in [3.63, 3.8) is 0 Å². The van der Waals surface area contributed by atoms with Gasteiger partial charge in [-0.3, -0.25) is 4.79 Å². The lowest BCUT2D eigenvalue weighted by atomic mass is 9.98. The van der Waals surface area contributed by atoms with E-state index in [1.165, 1.54) is 12.1 Å². The Labute approximate surface area is 154 Å². The summed E-state index contributed by atoms with van der Waals surface area (Å²) in [5, 5.41) is 5.43. The molecule has 0 spiro atoms. The first-order chi connectivity index (χ1) is 12.2. The number of hydrogen-bond acceptors (Lipinski definition) is 4. The van der Waals surface area contributed by atoms with Gasteiger partial charge >= 0.3 is 6.09 Å². The Morgan fingerprint density at radius 1 is 1.15 bits per heavy atom. The SMILES string of the molecule is CCC(C)C(NC(=O)OC(C)C)C(=O)NC(C)COc1cccc(F)c1. The van der Waals surface area contributed by atoms with Gasteiger partial charge in [-0.1, -0.05) is 26.3 Å². The summed E-state index contributed by atoms with van der Waals surface area (Å²) >= 11 is 0. The molecule has 2 amide bonds. The summed E-state index contributed by atoms with van der Waals surface area (Å²) in [6.45, 7) is 9.26. The standard InChI is InChI=1S/C19H29FN2O4/c1-6-13(4)17(22-19(24)26-12(2)3)18(23)21-14(5)11-25-16-9-7-8-15(20)10-16/h7-10,12-14,17H,6,11H2,1-5H3,(H,21,23)(H,22,24). The minimum absolute atomic E-state index is 0.0638. The molecule has 0 aliphatic carbocycles.